The molecule has 18 heavy (non-hydrogen) atoms. The van der Waals surface area contributed by atoms with Crippen molar-refractivity contribution in [3.05, 3.63) is 54.0 Å². The van der Waals surface area contributed by atoms with E-state index < -0.39 is 0 Å². The Bertz CT molecular complexity index is 683. The van der Waals surface area contributed by atoms with Crippen LogP contribution in [0.2, 0.25) is 0 Å². The van der Waals surface area contributed by atoms with Crippen molar-refractivity contribution in [1.29, 1.82) is 0 Å². The first-order chi connectivity index (χ1) is 8.79. The van der Waals surface area contributed by atoms with Crippen LogP contribution in [0, 0.1) is 6.92 Å². The minimum absolute atomic E-state index is 0.441. The van der Waals surface area contributed by atoms with Crippen LogP contribution in [-0.2, 0) is 6.54 Å². The molecule has 0 aliphatic heterocycles. The van der Waals surface area contributed by atoms with Crippen molar-refractivity contribution < 1.29 is 0 Å². The van der Waals surface area contributed by atoms with E-state index in [9.17, 15) is 0 Å². The van der Waals surface area contributed by atoms with Gasteiger partial charge in [0.1, 0.15) is 0 Å². The number of benzene rings is 1. The number of rotatable bonds is 2. The largest absolute Gasteiger partial charge is 0.325 e. The van der Waals surface area contributed by atoms with Gasteiger partial charge in [0.15, 0.2) is 0 Å². The number of aryl methyl sites for hydroxylation is 1. The second kappa shape index (κ2) is 4.23. The zero-order valence-electron chi connectivity index (χ0n) is 10.2. The standard InChI is InChI=1S/C14H14N4/c1-10-3-5-11(6-4-10)13-12(9-15)18-8-2-7-16-14(18)17-13/h2-8H,9,15H2,1H3. The van der Waals surface area contributed by atoms with Crippen LogP contribution < -0.4 is 5.73 Å². The second-order valence-corrected chi connectivity index (χ2v) is 4.27. The first-order valence-corrected chi connectivity index (χ1v) is 5.88. The Kier molecular flexibility index (Phi) is 2.57. The van der Waals surface area contributed by atoms with Crippen LogP contribution >= 0.6 is 0 Å². The molecule has 2 heterocycles. The van der Waals surface area contributed by atoms with E-state index >= 15 is 0 Å². The van der Waals surface area contributed by atoms with Crippen LogP contribution in [0.5, 0.6) is 0 Å². The molecule has 0 bridgehead atoms. The molecule has 4 nitrogen and oxygen atoms in total. The molecule has 0 aliphatic rings. The highest BCUT2D eigenvalue weighted by Gasteiger charge is 2.12. The summed E-state index contributed by atoms with van der Waals surface area (Å²) < 4.78 is 1.94. The highest BCUT2D eigenvalue weighted by molar-refractivity contribution is 5.65. The van der Waals surface area contributed by atoms with Crippen molar-refractivity contribution in [2.45, 2.75) is 13.5 Å². The Morgan fingerprint density at radius 1 is 1.22 bits per heavy atom. The summed E-state index contributed by atoms with van der Waals surface area (Å²) in [4.78, 5) is 8.81. The van der Waals surface area contributed by atoms with Gasteiger partial charge in [0.25, 0.3) is 0 Å². The van der Waals surface area contributed by atoms with Crippen molar-refractivity contribution >= 4 is 5.78 Å². The van der Waals surface area contributed by atoms with Gasteiger partial charge in [-0.3, -0.25) is 4.40 Å². The average molecular weight is 238 g/mol. The van der Waals surface area contributed by atoms with E-state index in [1.807, 2.05) is 16.7 Å². The van der Waals surface area contributed by atoms with Gasteiger partial charge in [-0.25, -0.2) is 9.97 Å². The molecule has 2 aromatic heterocycles. The van der Waals surface area contributed by atoms with Crippen molar-refractivity contribution in [2.75, 3.05) is 0 Å². The minimum atomic E-state index is 0.441. The quantitative estimate of drug-likeness (QED) is 0.744. The number of fused-ring (bicyclic) bond motifs is 1. The van der Waals surface area contributed by atoms with E-state index in [0.29, 0.717) is 12.3 Å². The first kappa shape index (κ1) is 10.9. The van der Waals surface area contributed by atoms with Crippen LogP contribution in [0.25, 0.3) is 17.0 Å². The molecule has 90 valence electrons. The maximum atomic E-state index is 5.84. The van der Waals surface area contributed by atoms with Crippen molar-refractivity contribution in [2.24, 2.45) is 5.73 Å². The normalized spacial score (nSPS) is 11.0. The fourth-order valence-corrected chi connectivity index (χ4v) is 2.07. The smallest absolute Gasteiger partial charge is 0.234 e. The third kappa shape index (κ3) is 1.67. The number of aromatic nitrogens is 3. The Hall–Kier alpha value is -2.20. The van der Waals surface area contributed by atoms with Crippen LogP contribution in [-0.4, -0.2) is 14.4 Å². The van der Waals surface area contributed by atoms with E-state index in [-0.39, 0.29) is 0 Å². The predicted molar refractivity (Wildman–Crippen MR) is 71.1 cm³/mol. The van der Waals surface area contributed by atoms with Gasteiger partial charge in [-0.2, -0.15) is 0 Å². The molecule has 0 aliphatic carbocycles. The zero-order valence-corrected chi connectivity index (χ0v) is 10.2. The lowest BCUT2D eigenvalue weighted by Gasteiger charge is -2.02. The summed E-state index contributed by atoms with van der Waals surface area (Å²) in [6.45, 7) is 2.51. The molecule has 0 spiro atoms. The summed E-state index contributed by atoms with van der Waals surface area (Å²) in [5, 5.41) is 0. The molecule has 0 saturated heterocycles. The van der Waals surface area contributed by atoms with Gasteiger partial charge in [0.2, 0.25) is 5.78 Å². The van der Waals surface area contributed by atoms with Crippen LogP contribution in [0.15, 0.2) is 42.7 Å². The lowest BCUT2D eigenvalue weighted by atomic mass is 10.1. The van der Waals surface area contributed by atoms with Gasteiger partial charge < -0.3 is 5.73 Å². The van der Waals surface area contributed by atoms with E-state index in [1.54, 1.807) is 6.20 Å². The molecule has 3 rings (SSSR count). The Balaban J connectivity index is 2.25. The SMILES string of the molecule is Cc1ccc(-c2nc3ncccn3c2CN)cc1. The van der Waals surface area contributed by atoms with Crippen LogP contribution in [0.3, 0.4) is 0 Å². The molecule has 0 fully saturated rings. The summed E-state index contributed by atoms with van der Waals surface area (Å²) >= 11 is 0. The molecule has 2 N–H and O–H groups in total. The molecule has 1 aromatic carbocycles. The molecular weight excluding hydrogens is 224 g/mol. The summed E-state index contributed by atoms with van der Waals surface area (Å²) in [5.41, 5.74) is 10.0. The summed E-state index contributed by atoms with van der Waals surface area (Å²) in [6, 6.07) is 10.2. The molecule has 0 amide bonds. The Labute approximate surface area is 105 Å². The number of hydrogen-bond acceptors (Lipinski definition) is 3. The minimum Gasteiger partial charge on any atom is -0.325 e. The molecule has 0 unspecified atom stereocenters. The molecular formula is C14H14N4. The summed E-state index contributed by atoms with van der Waals surface area (Å²) in [6.07, 6.45) is 3.68. The second-order valence-electron chi connectivity index (χ2n) is 4.27. The lowest BCUT2D eigenvalue weighted by Crippen LogP contribution is -2.02. The van der Waals surface area contributed by atoms with Gasteiger partial charge in [-0.1, -0.05) is 29.8 Å². The lowest BCUT2D eigenvalue weighted by molar-refractivity contribution is 0.949. The van der Waals surface area contributed by atoms with E-state index in [4.69, 9.17) is 5.73 Å². The number of hydrogen-bond donors (Lipinski definition) is 1. The van der Waals surface area contributed by atoms with Crippen LogP contribution in [0.4, 0.5) is 0 Å². The number of nitrogens with two attached hydrogens (primary N) is 1. The first-order valence-electron chi connectivity index (χ1n) is 5.88. The maximum Gasteiger partial charge on any atom is 0.234 e. The molecule has 0 saturated carbocycles. The summed E-state index contributed by atoms with van der Waals surface area (Å²) in [5.74, 6) is 0.688. The van der Waals surface area contributed by atoms with E-state index in [0.717, 1.165) is 17.0 Å². The molecule has 0 atom stereocenters. The average Bonchev–Trinajstić information content (AvgIpc) is 2.78. The van der Waals surface area contributed by atoms with Gasteiger partial charge in [0, 0.05) is 24.5 Å². The molecule has 0 radical (unpaired) electrons. The Morgan fingerprint density at radius 2 is 2.00 bits per heavy atom. The highest BCUT2D eigenvalue weighted by atomic mass is 15.1. The maximum absolute atomic E-state index is 5.84. The number of nitrogens with zero attached hydrogens (tertiary/aromatic N) is 3. The topological polar surface area (TPSA) is 56.2 Å². The highest BCUT2D eigenvalue weighted by Crippen LogP contribution is 2.23. The van der Waals surface area contributed by atoms with E-state index in [2.05, 4.69) is 41.2 Å². The fourth-order valence-electron chi connectivity index (χ4n) is 2.07. The van der Waals surface area contributed by atoms with Gasteiger partial charge >= 0.3 is 0 Å². The monoisotopic (exact) mass is 238 g/mol. The zero-order chi connectivity index (χ0) is 12.5. The third-order valence-electron chi connectivity index (χ3n) is 3.02. The predicted octanol–water partition coefficient (Wildman–Crippen LogP) is 2.16. The summed E-state index contributed by atoms with van der Waals surface area (Å²) in [7, 11) is 0. The van der Waals surface area contributed by atoms with E-state index in [1.165, 1.54) is 5.56 Å². The van der Waals surface area contributed by atoms with Crippen molar-refractivity contribution in [1.82, 2.24) is 14.4 Å². The molecule has 3 aromatic rings. The van der Waals surface area contributed by atoms with Crippen LogP contribution in [0.1, 0.15) is 11.3 Å². The van der Waals surface area contributed by atoms with Gasteiger partial charge in [0.05, 0.1) is 11.4 Å². The molecule has 4 heteroatoms. The Morgan fingerprint density at radius 3 is 2.72 bits per heavy atom. The van der Waals surface area contributed by atoms with Gasteiger partial charge in [-0.15, -0.1) is 0 Å². The van der Waals surface area contributed by atoms with Crippen molar-refractivity contribution in [3.8, 4) is 11.3 Å². The number of imidazole rings is 1. The fraction of sp³-hybridized carbons (Fsp3) is 0.143. The third-order valence-corrected chi connectivity index (χ3v) is 3.02. The van der Waals surface area contributed by atoms with Crippen molar-refractivity contribution in [3.63, 3.8) is 0 Å². The van der Waals surface area contributed by atoms with Gasteiger partial charge in [-0.05, 0) is 13.0 Å².